The predicted octanol–water partition coefficient (Wildman–Crippen LogP) is 5.76. The molecule has 8 heteroatoms. The first kappa shape index (κ1) is 20.5. The Morgan fingerprint density at radius 1 is 1.06 bits per heavy atom. The maximum atomic E-state index is 13.4. The van der Waals surface area contributed by atoms with E-state index < -0.39 is 5.82 Å². The number of nitrogens with one attached hydrogen (secondary N) is 1. The lowest BCUT2D eigenvalue weighted by Gasteiger charge is -2.33. The summed E-state index contributed by atoms with van der Waals surface area (Å²) in [6, 6.07) is 18.1. The smallest absolute Gasteiger partial charge is 0.321 e. The van der Waals surface area contributed by atoms with Gasteiger partial charge < -0.3 is 14.8 Å². The number of hydrogen-bond donors (Lipinski definition) is 1. The van der Waals surface area contributed by atoms with Crippen molar-refractivity contribution in [3.05, 3.63) is 77.7 Å². The van der Waals surface area contributed by atoms with Crippen LogP contribution in [0.1, 0.15) is 18.9 Å². The summed E-state index contributed by atoms with van der Waals surface area (Å²) in [5, 5.41) is 2.78. The first-order chi connectivity index (χ1) is 15.6. The summed E-state index contributed by atoms with van der Waals surface area (Å²) in [5.41, 5.74) is 3.23. The molecule has 0 bridgehead atoms. The molecule has 6 nitrogen and oxygen atoms in total. The van der Waals surface area contributed by atoms with Crippen LogP contribution in [0.15, 0.2) is 66.9 Å². The second kappa shape index (κ2) is 8.59. The Bertz CT molecular complexity index is 1270. The number of halogens is 2. The second-order valence-corrected chi connectivity index (χ2v) is 8.20. The van der Waals surface area contributed by atoms with E-state index in [1.54, 1.807) is 11.1 Å². The quantitative estimate of drug-likeness (QED) is 0.432. The van der Waals surface area contributed by atoms with Crippen LogP contribution in [0.5, 0.6) is 0 Å². The van der Waals surface area contributed by atoms with E-state index >= 15 is 0 Å². The summed E-state index contributed by atoms with van der Waals surface area (Å²) in [5.74, 6) is 0.379. The van der Waals surface area contributed by atoms with Crippen LogP contribution >= 0.6 is 11.6 Å². The Morgan fingerprint density at radius 2 is 1.84 bits per heavy atom. The van der Waals surface area contributed by atoms with Crippen LogP contribution in [0, 0.1) is 5.82 Å². The summed E-state index contributed by atoms with van der Waals surface area (Å²) in [4.78, 5) is 23.9. The number of carbonyl (C=O) groups is 1. The van der Waals surface area contributed by atoms with Gasteiger partial charge in [0.05, 0.1) is 5.02 Å². The summed E-state index contributed by atoms with van der Waals surface area (Å²) in [6.07, 6.45) is 3.34. The number of likely N-dealkylation sites (tertiary alicyclic amines) is 1. The number of anilines is 1. The average Bonchev–Trinajstić information content (AvgIpc) is 3.22. The minimum atomic E-state index is -0.513. The Balaban J connectivity index is 1.35. The summed E-state index contributed by atoms with van der Waals surface area (Å²) < 4.78 is 15.6. The number of rotatable bonds is 3. The van der Waals surface area contributed by atoms with Crippen LogP contribution in [-0.4, -0.2) is 38.6 Å². The molecule has 2 aromatic carbocycles. The molecule has 1 fully saturated rings. The molecule has 0 unspecified atom stereocenters. The third-order valence-corrected chi connectivity index (χ3v) is 6.06. The van der Waals surface area contributed by atoms with E-state index in [9.17, 15) is 9.18 Å². The minimum Gasteiger partial charge on any atom is -0.324 e. The number of imidazole rings is 1. The topological polar surface area (TPSA) is 63.1 Å². The maximum Gasteiger partial charge on any atom is 0.321 e. The Kier molecular flexibility index (Phi) is 5.49. The zero-order valence-corrected chi connectivity index (χ0v) is 18.0. The van der Waals surface area contributed by atoms with Crippen molar-refractivity contribution in [3.63, 3.8) is 0 Å². The Morgan fingerprint density at radius 3 is 2.59 bits per heavy atom. The van der Waals surface area contributed by atoms with E-state index in [0.29, 0.717) is 18.8 Å². The lowest BCUT2D eigenvalue weighted by atomic mass is 10.0. The normalized spacial score (nSPS) is 14.6. The number of pyridine rings is 1. The molecule has 1 aliphatic rings. The van der Waals surface area contributed by atoms with E-state index in [2.05, 4.69) is 14.9 Å². The molecule has 5 rings (SSSR count). The molecule has 1 aliphatic heterocycles. The van der Waals surface area contributed by atoms with Crippen LogP contribution in [0.3, 0.4) is 0 Å². The van der Waals surface area contributed by atoms with Gasteiger partial charge in [-0.05, 0) is 43.2 Å². The van der Waals surface area contributed by atoms with Crippen molar-refractivity contribution in [3.8, 4) is 11.4 Å². The first-order valence-electron chi connectivity index (χ1n) is 10.5. The lowest BCUT2D eigenvalue weighted by Crippen LogP contribution is -2.41. The fraction of sp³-hybridized carbons (Fsp3) is 0.208. The highest BCUT2D eigenvalue weighted by Gasteiger charge is 2.27. The number of benzene rings is 2. The van der Waals surface area contributed by atoms with Crippen molar-refractivity contribution in [1.82, 2.24) is 19.4 Å². The van der Waals surface area contributed by atoms with Crippen LogP contribution in [0.25, 0.3) is 22.6 Å². The predicted molar refractivity (Wildman–Crippen MR) is 123 cm³/mol. The number of nitrogens with zero attached hydrogens (tertiary/aromatic N) is 4. The van der Waals surface area contributed by atoms with E-state index in [0.717, 1.165) is 35.4 Å². The van der Waals surface area contributed by atoms with Gasteiger partial charge in [0.25, 0.3) is 0 Å². The number of piperidine rings is 1. The van der Waals surface area contributed by atoms with E-state index in [1.807, 2.05) is 42.5 Å². The summed E-state index contributed by atoms with van der Waals surface area (Å²) in [7, 11) is 0. The molecule has 2 aromatic heterocycles. The number of amides is 2. The van der Waals surface area contributed by atoms with Crippen LogP contribution < -0.4 is 5.32 Å². The number of aromatic nitrogens is 3. The van der Waals surface area contributed by atoms with Gasteiger partial charge >= 0.3 is 6.03 Å². The standard InChI is InChI=1S/C24H21ClFN5O/c25-19-15-17(8-9-20(19)26)28-24(32)30-13-10-18(11-14-30)31-22(16-5-2-1-3-6-16)29-21-7-4-12-27-23(21)31/h1-9,12,15,18H,10-11,13-14H2,(H,28,32). The molecular formula is C24H21ClFN5O. The summed E-state index contributed by atoms with van der Waals surface area (Å²) >= 11 is 5.82. The number of fused-ring (bicyclic) bond motifs is 1. The first-order valence-corrected chi connectivity index (χ1v) is 10.9. The SMILES string of the molecule is O=C(Nc1ccc(F)c(Cl)c1)N1CCC(n2c(-c3ccccc3)nc3cccnc32)CC1. The van der Waals surface area contributed by atoms with Crippen molar-refractivity contribution >= 4 is 34.5 Å². The molecule has 0 saturated carbocycles. The highest BCUT2D eigenvalue weighted by atomic mass is 35.5. The molecule has 1 N–H and O–H groups in total. The lowest BCUT2D eigenvalue weighted by molar-refractivity contribution is 0.185. The largest absolute Gasteiger partial charge is 0.324 e. The number of urea groups is 1. The monoisotopic (exact) mass is 449 g/mol. The van der Waals surface area contributed by atoms with Crippen LogP contribution in [-0.2, 0) is 0 Å². The molecule has 4 aromatic rings. The zero-order valence-electron chi connectivity index (χ0n) is 17.2. The highest BCUT2D eigenvalue weighted by molar-refractivity contribution is 6.31. The molecule has 0 aliphatic carbocycles. The minimum absolute atomic E-state index is 0.0190. The fourth-order valence-electron chi connectivity index (χ4n) is 4.17. The van der Waals surface area contributed by atoms with Gasteiger partial charge in [-0.1, -0.05) is 41.9 Å². The van der Waals surface area contributed by atoms with Gasteiger partial charge in [0.15, 0.2) is 5.65 Å². The number of hydrogen-bond acceptors (Lipinski definition) is 3. The molecule has 162 valence electrons. The van der Waals surface area contributed by atoms with Gasteiger partial charge in [-0.15, -0.1) is 0 Å². The molecule has 2 amide bonds. The Hall–Kier alpha value is -3.45. The van der Waals surface area contributed by atoms with Crippen LogP contribution in [0.4, 0.5) is 14.9 Å². The molecule has 0 radical (unpaired) electrons. The van der Waals surface area contributed by atoms with Gasteiger partial charge in [0.2, 0.25) is 0 Å². The highest BCUT2D eigenvalue weighted by Crippen LogP contribution is 2.32. The van der Waals surface area contributed by atoms with Gasteiger partial charge in [0, 0.05) is 36.6 Å². The van der Waals surface area contributed by atoms with Crippen molar-refractivity contribution < 1.29 is 9.18 Å². The van der Waals surface area contributed by atoms with E-state index in [-0.39, 0.29) is 17.1 Å². The molecule has 3 heterocycles. The molecular weight excluding hydrogens is 429 g/mol. The van der Waals surface area contributed by atoms with Crippen molar-refractivity contribution in [2.75, 3.05) is 18.4 Å². The molecule has 32 heavy (non-hydrogen) atoms. The van der Waals surface area contributed by atoms with Gasteiger partial charge in [-0.25, -0.2) is 19.2 Å². The van der Waals surface area contributed by atoms with Crippen molar-refractivity contribution in [2.45, 2.75) is 18.9 Å². The van der Waals surface area contributed by atoms with Crippen molar-refractivity contribution in [2.24, 2.45) is 0 Å². The Labute approximate surface area is 189 Å². The van der Waals surface area contributed by atoms with Crippen LogP contribution in [0.2, 0.25) is 5.02 Å². The third kappa shape index (κ3) is 3.91. The molecule has 0 atom stereocenters. The number of carbonyl (C=O) groups excluding carboxylic acids is 1. The van der Waals surface area contributed by atoms with E-state index in [4.69, 9.17) is 16.6 Å². The van der Waals surface area contributed by atoms with Crippen molar-refractivity contribution in [1.29, 1.82) is 0 Å². The van der Waals surface area contributed by atoms with Gasteiger partial charge in [-0.2, -0.15) is 0 Å². The fourth-order valence-corrected chi connectivity index (χ4v) is 4.35. The summed E-state index contributed by atoms with van der Waals surface area (Å²) in [6.45, 7) is 1.18. The van der Waals surface area contributed by atoms with E-state index in [1.165, 1.54) is 18.2 Å². The maximum absolute atomic E-state index is 13.4. The second-order valence-electron chi connectivity index (χ2n) is 7.79. The zero-order chi connectivity index (χ0) is 22.1. The molecule has 1 saturated heterocycles. The third-order valence-electron chi connectivity index (χ3n) is 5.77. The van der Waals surface area contributed by atoms with Gasteiger partial charge in [0.1, 0.15) is 17.2 Å². The van der Waals surface area contributed by atoms with Gasteiger partial charge in [-0.3, -0.25) is 0 Å². The average molecular weight is 450 g/mol. The molecule has 0 spiro atoms.